The van der Waals surface area contributed by atoms with Crippen molar-refractivity contribution >= 4 is 6.34 Å². The van der Waals surface area contributed by atoms with Crippen molar-refractivity contribution in [3.8, 4) is 0 Å². The van der Waals surface area contributed by atoms with Gasteiger partial charge in [0.25, 0.3) is 0 Å². The van der Waals surface area contributed by atoms with E-state index >= 15 is 0 Å². The topological polar surface area (TPSA) is 65.7 Å². The van der Waals surface area contributed by atoms with E-state index in [-0.39, 0.29) is 0 Å². The number of aliphatic imine (C=N–C) groups is 1. The van der Waals surface area contributed by atoms with E-state index in [1.54, 1.807) is 13.4 Å². The fourth-order valence-electron chi connectivity index (χ4n) is 0.674. The Morgan fingerprint density at radius 1 is 1.55 bits per heavy atom. The Labute approximate surface area is 67.6 Å². The van der Waals surface area contributed by atoms with Crippen LogP contribution >= 0.6 is 0 Å². The summed E-state index contributed by atoms with van der Waals surface area (Å²) in [5, 5.41) is 3.16. The normalized spacial score (nSPS) is 10.8. The Morgan fingerprint density at radius 2 is 2.27 bits per heavy atom. The summed E-state index contributed by atoms with van der Waals surface area (Å²) in [5.41, 5.74) is 2.56. The van der Waals surface area contributed by atoms with Gasteiger partial charge < -0.3 is 10.2 Å². The molecule has 11 heavy (non-hydrogen) atoms. The second-order valence-electron chi connectivity index (χ2n) is 2.09. The van der Waals surface area contributed by atoms with Crippen LogP contribution in [-0.2, 0) is 0 Å². The van der Waals surface area contributed by atoms with Gasteiger partial charge in [-0.1, -0.05) is 6.92 Å². The standard InChI is InChI=1S/C6H17N5/c1-3-9-5-11(4-8-2)6-10-7/h4,9-10H,3,5-7H2,1-2H3. The zero-order chi connectivity index (χ0) is 8.53. The zero-order valence-corrected chi connectivity index (χ0v) is 7.17. The molecule has 0 aromatic rings. The first-order valence-corrected chi connectivity index (χ1v) is 3.65. The molecule has 4 N–H and O–H groups in total. The van der Waals surface area contributed by atoms with Crippen LogP contribution < -0.4 is 16.6 Å². The summed E-state index contributed by atoms with van der Waals surface area (Å²) in [7, 11) is 1.73. The van der Waals surface area contributed by atoms with E-state index < -0.39 is 0 Å². The summed E-state index contributed by atoms with van der Waals surface area (Å²) in [6.07, 6.45) is 1.74. The highest BCUT2D eigenvalue weighted by molar-refractivity contribution is 5.54. The lowest BCUT2D eigenvalue weighted by molar-refractivity contribution is 0.366. The van der Waals surface area contributed by atoms with Gasteiger partial charge in [-0.25, -0.2) is 5.43 Å². The third-order valence-electron chi connectivity index (χ3n) is 1.14. The molecule has 0 amide bonds. The maximum atomic E-state index is 5.15. The van der Waals surface area contributed by atoms with Gasteiger partial charge in [0, 0.05) is 7.05 Å². The van der Waals surface area contributed by atoms with Crippen molar-refractivity contribution in [3.63, 3.8) is 0 Å². The Morgan fingerprint density at radius 3 is 2.73 bits per heavy atom. The first-order valence-electron chi connectivity index (χ1n) is 3.65. The van der Waals surface area contributed by atoms with Gasteiger partial charge in [-0.2, -0.15) is 0 Å². The van der Waals surface area contributed by atoms with Gasteiger partial charge in [-0.3, -0.25) is 10.8 Å². The van der Waals surface area contributed by atoms with Crippen molar-refractivity contribution in [2.24, 2.45) is 10.8 Å². The van der Waals surface area contributed by atoms with Crippen LogP contribution in [0.15, 0.2) is 4.99 Å². The number of nitrogens with zero attached hydrogens (tertiary/aromatic N) is 2. The maximum absolute atomic E-state index is 5.15. The molecule has 0 fully saturated rings. The second kappa shape index (κ2) is 7.46. The van der Waals surface area contributed by atoms with Crippen molar-refractivity contribution in [3.05, 3.63) is 0 Å². The van der Waals surface area contributed by atoms with Crippen molar-refractivity contribution in [1.82, 2.24) is 15.6 Å². The molecule has 0 saturated heterocycles. The number of nitrogens with one attached hydrogen (secondary N) is 2. The molecule has 0 aliphatic carbocycles. The Bertz CT molecular complexity index is 103. The molecule has 0 aromatic carbocycles. The van der Waals surface area contributed by atoms with E-state index in [0.717, 1.165) is 13.2 Å². The molecule has 0 bridgehead atoms. The number of hydrazine groups is 1. The van der Waals surface area contributed by atoms with Gasteiger partial charge in [0.15, 0.2) is 0 Å². The van der Waals surface area contributed by atoms with E-state index in [1.165, 1.54) is 0 Å². The fourth-order valence-corrected chi connectivity index (χ4v) is 0.674. The quantitative estimate of drug-likeness (QED) is 0.152. The van der Waals surface area contributed by atoms with Gasteiger partial charge in [-0.05, 0) is 6.54 Å². The van der Waals surface area contributed by atoms with Crippen LogP contribution in [0, 0.1) is 0 Å². The molecule has 0 aliphatic rings. The fraction of sp³-hybridized carbons (Fsp3) is 0.833. The van der Waals surface area contributed by atoms with Crippen molar-refractivity contribution < 1.29 is 0 Å². The molecular formula is C6H17N5. The lowest BCUT2D eigenvalue weighted by Gasteiger charge is -2.18. The van der Waals surface area contributed by atoms with Gasteiger partial charge in [0.2, 0.25) is 0 Å². The van der Waals surface area contributed by atoms with Crippen LogP contribution in [0.5, 0.6) is 0 Å². The summed E-state index contributed by atoms with van der Waals surface area (Å²) in [6.45, 7) is 4.36. The Kier molecular flexibility index (Phi) is 7.02. The smallest absolute Gasteiger partial charge is 0.0867 e. The van der Waals surface area contributed by atoms with Gasteiger partial charge in [0.1, 0.15) is 0 Å². The minimum absolute atomic E-state index is 0.602. The summed E-state index contributed by atoms with van der Waals surface area (Å²) >= 11 is 0. The Balaban J connectivity index is 3.51. The number of hydrogen-bond donors (Lipinski definition) is 3. The van der Waals surface area contributed by atoms with Gasteiger partial charge in [-0.15, -0.1) is 0 Å². The van der Waals surface area contributed by atoms with Crippen molar-refractivity contribution in [1.29, 1.82) is 0 Å². The summed E-state index contributed by atoms with van der Waals surface area (Å²) in [4.78, 5) is 5.81. The number of nitrogens with two attached hydrogens (primary N) is 1. The number of hydrogen-bond acceptors (Lipinski definition) is 4. The molecule has 0 radical (unpaired) electrons. The molecule has 5 nitrogen and oxygen atoms in total. The number of rotatable bonds is 6. The van der Waals surface area contributed by atoms with E-state index in [4.69, 9.17) is 5.84 Å². The van der Waals surface area contributed by atoms with E-state index in [0.29, 0.717) is 6.67 Å². The third-order valence-corrected chi connectivity index (χ3v) is 1.14. The highest BCUT2D eigenvalue weighted by Gasteiger charge is 1.94. The second-order valence-corrected chi connectivity index (χ2v) is 2.09. The summed E-state index contributed by atoms with van der Waals surface area (Å²) in [5.74, 6) is 5.15. The predicted molar refractivity (Wildman–Crippen MR) is 47.0 cm³/mol. The van der Waals surface area contributed by atoms with Crippen LogP contribution in [0.1, 0.15) is 6.92 Å². The summed E-state index contributed by atoms with van der Waals surface area (Å²) in [6, 6.07) is 0. The summed E-state index contributed by atoms with van der Waals surface area (Å²) < 4.78 is 0. The van der Waals surface area contributed by atoms with E-state index in [1.807, 2.05) is 4.90 Å². The van der Waals surface area contributed by atoms with E-state index in [9.17, 15) is 0 Å². The molecule has 0 heterocycles. The molecular weight excluding hydrogens is 142 g/mol. The van der Waals surface area contributed by atoms with Gasteiger partial charge in [0.05, 0.1) is 19.7 Å². The zero-order valence-electron chi connectivity index (χ0n) is 7.17. The van der Waals surface area contributed by atoms with Crippen molar-refractivity contribution in [2.45, 2.75) is 6.92 Å². The average Bonchev–Trinajstić information content (AvgIpc) is 2.01. The first kappa shape index (κ1) is 10.3. The molecule has 66 valence electrons. The lowest BCUT2D eigenvalue weighted by Crippen LogP contribution is -2.42. The van der Waals surface area contributed by atoms with Crippen LogP contribution in [0.3, 0.4) is 0 Å². The third kappa shape index (κ3) is 5.78. The minimum atomic E-state index is 0.602. The molecule has 0 aromatic heterocycles. The van der Waals surface area contributed by atoms with E-state index in [2.05, 4.69) is 22.7 Å². The largest absolute Gasteiger partial charge is 0.336 e. The highest BCUT2D eigenvalue weighted by Crippen LogP contribution is 1.75. The minimum Gasteiger partial charge on any atom is -0.336 e. The molecule has 0 rings (SSSR count). The van der Waals surface area contributed by atoms with Gasteiger partial charge >= 0.3 is 0 Å². The SMILES string of the molecule is CCNCN(C=NC)CNN. The highest BCUT2D eigenvalue weighted by atomic mass is 15.4. The lowest BCUT2D eigenvalue weighted by atomic mass is 10.7. The molecule has 0 unspecified atom stereocenters. The first-order chi connectivity index (χ1) is 5.35. The molecule has 5 heteroatoms. The maximum Gasteiger partial charge on any atom is 0.0867 e. The van der Waals surface area contributed by atoms with Crippen LogP contribution in [0.4, 0.5) is 0 Å². The van der Waals surface area contributed by atoms with Crippen molar-refractivity contribution in [2.75, 3.05) is 26.9 Å². The van der Waals surface area contributed by atoms with Crippen LogP contribution in [0.25, 0.3) is 0 Å². The van der Waals surface area contributed by atoms with Crippen LogP contribution in [-0.4, -0.2) is 38.2 Å². The molecule has 0 atom stereocenters. The Hall–Kier alpha value is -0.650. The predicted octanol–water partition coefficient (Wildman–Crippen LogP) is -1.07. The van der Waals surface area contributed by atoms with Crippen LogP contribution in [0.2, 0.25) is 0 Å². The molecule has 0 spiro atoms. The monoisotopic (exact) mass is 159 g/mol. The average molecular weight is 159 g/mol. The molecule has 0 saturated carbocycles. The molecule has 0 aliphatic heterocycles.